The molecule has 2 heterocycles. The van der Waals surface area contributed by atoms with E-state index in [9.17, 15) is 8.42 Å². The van der Waals surface area contributed by atoms with Crippen LogP contribution in [0.4, 0.5) is 0 Å². The van der Waals surface area contributed by atoms with Gasteiger partial charge in [-0.1, -0.05) is 0 Å². The van der Waals surface area contributed by atoms with E-state index in [2.05, 4.69) is 9.62 Å². The van der Waals surface area contributed by atoms with Crippen molar-refractivity contribution in [2.45, 2.75) is 38.6 Å². The van der Waals surface area contributed by atoms with Crippen molar-refractivity contribution < 1.29 is 9.83 Å². The molecule has 1 spiro atoms. The Morgan fingerprint density at radius 3 is 2.55 bits per heavy atom. The zero-order valence-electron chi connectivity index (χ0n) is 13.3. The van der Waals surface area contributed by atoms with Crippen LogP contribution in [0.15, 0.2) is 0 Å². The predicted octanol–water partition coefficient (Wildman–Crippen LogP) is 0.390. The molecule has 20 heavy (non-hydrogen) atoms. The van der Waals surface area contributed by atoms with Crippen molar-refractivity contribution in [1.29, 1.82) is 0 Å². The van der Waals surface area contributed by atoms with E-state index in [0.717, 1.165) is 45.3 Å². The van der Waals surface area contributed by atoms with Crippen LogP contribution < -0.4 is 10.0 Å². The summed E-state index contributed by atoms with van der Waals surface area (Å²) in [5, 5.41) is 1.63. The lowest BCUT2D eigenvalue weighted by molar-refractivity contribution is -0.0437. The summed E-state index contributed by atoms with van der Waals surface area (Å²) in [5.74, 6) is 0.865. The molecule has 0 aromatic heterocycles. The smallest absolute Gasteiger partial charge is 0.211 e. The van der Waals surface area contributed by atoms with Gasteiger partial charge in [0.2, 0.25) is 10.0 Å². The molecule has 0 bridgehead atoms. The summed E-state index contributed by atoms with van der Waals surface area (Å²) < 4.78 is 33.5. The number of nitrogens with one attached hydrogen (secondary N) is 2. The molecule has 2 N–H and O–H groups in total. The summed E-state index contributed by atoms with van der Waals surface area (Å²) in [7, 11) is -3.06. The first-order chi connectivity index (χ1) is 9.90. The van der Waals surface area contributed by atoms with E-state index in [1.54, 1.807) is 12.2 Å². The summed E-state index contributed by atoms with van der Waals surface area (Å²) in [5.41, 5.74) is 0.457. The Hall–Kier alpha value is -0.170. The zero-order chi connectivity index (χ0) is 15.1. The van der Waals surface area contributed by atoms with Gasteiger partial charge in [-0.3, -0.25) is 0 Å². The van der Waals surface area contributed by atoms with Crippen LogP contribution in [0.3, 0.4) is 0 Å². The van der Waals surface area contributed by atoms with E-state index in [0.29, 0.717) is 11.3 Å². The molecule has 1 saturated carbocycles. The summed E-state index contributed by atoms with van der Waals surface area (Å²) in [6.45, 7) is 7.02. The van der Waals surface area contributed by atoms with Crippen LogP contribution in [0.25, 0.3) is 0 Å². The Morgan fingerprint density at radius 1 is 1.35 bits per heavy atom. The first kappa shape index (κ1) is 13.5. The average Bonchev–Trinajstić information content (AvgIpc) is 2.37. The standard InChI is InChI=1S/C14H27N3O2S/c1-2-20(18,19)16-13-3-5-14(6-4-13)10-17(11-14)9-12-7-15-8-12/h12-13,15-16H,2-11H2,1H3/i/hD. The molecule has 2 saturated heterocycles. The highest BCUT2D eigenvalue weighted by Gasteiger charge is 2.45. The van der Waals surface area contributed by atoms with Gasteiger partial charge in [-0.15, -0.1) is 0 Å². The maximum atomic E-state index is 11.6. The van der Waals surface area contributed by atoms with Crippen LogP contribution in [0.5, 0.6) is 0 Å². The van der Waals surface area contributed by atoms with Crippen LogP contribution in [0.2, 0.25) is 1.41 Å². The van der Waals surface area contributed by atoms with Crippen molar-refractivity contribution in [3.8, 4) is 0 Å². The number of hydrogen-bond acceptors (Lipinski definition) is 4. The summed E-state index contributed by atoms with van der Waals surface area (Å²) in [6, 6.07) is 0.151. The van der Waals surface area contributed by atoms with E-state index in [1.165, 1.54) is 13.1 Å². The quantitative estimate of drug-likeness (QED) is 0.771. The van der Waals surface area contributed by atoms with Crippen LogP contribution in [0, 0.1) is 11.3 Å². The van der Waals surface area contributed by atoms with Gasteiger partial charge in [-0.25, -0.2) is 13.1 Å². The van der Waals surface area contributed by atoms with Crippen molar-refractivity contribution in [2.24, 2.45) is 11.3 Å². The highest BCUT2D eigenvalue weighted by molar-refractivity contribution is 7.89. The van der Waals surface area contributed by atoms with Gasteiger partial charge in [-0.05, 0) is 43.9 Å². The molecule has 0 atom stereocenters. The largest absolute Gasteiger partial charge is 0.316 e. The zero-order valence-corrected chi connectivity index (χ0v) is 13.2. The lowest BCUT2D eigenvalue weighted by Crippen LogP contribution is -2.61. The molecule has 3 aliphatic rings. The third kappa shape index (κ3) is 3.18. The number of nitrogens with zero attached hydrogens (tertiary/aromatic N) is 1. The lowest BCUT2D eigenvalue weighted by atomic mass is 9.67. The van der Waals surface area contributed by atoms with E-state index in [-0.39, 0.29) is 11.8 Å². The second-order valence-electron chi connectivity index (χ2n) is 6.92. The van der Waals surface area contributed by atoms with Crippen LogP contribution in [-0.2, 0) is 10.0 Å². The number of hydrogen-bond donors (Lipinski definition) is 2. The minimum Gasteiger partial charge on any atom is -0.316 e. The summed E-state index contributed by atoms with van der Waals surface area (Å²) >= 11 is 0. The molecule has 0 aromatic carbocycles. The Kier molecular flexibility index (Phi) is 3.75. The maximum absolute atomic E-state index is 11.6. The molecule has 116 valence electrons. The van der Waals surface area contributed by atoms with Gasteiger partial charge in [0.15, 0.2) is 0 Å². The van der Waals surface area contributed by atoms with Gasteiger partial charge in [0.1, 0.15) is 1.41 Å². The van der Waals surface area contributed by atoms with Gasteiger partial charge in [0.25, 0.3) is 0 Å². The minimum atomic E-state index is -3.06. The Labute approximate surface area is 124 Å². The fourth-order valence-corrected chi connectivity index (χ4v) is 4.74. The number of sulfonamides is 1. The van der Waals surface area contributed by atoms with E-state index >= 15 is 0 Å². The molecule has 0 radical (unpaired) electrons. The van der Waals surface area contributed by atoms with Crippen LogP contribution in [0.1, 0.15) is 32.6 Å². The first-order valence-electron chi connectivity index (χ1n) is 8.31. The highest BCUT2D eigenvalue weighted by Crippen LogP contribution is 2.44. The van der Waals surface area contributed by atoms with Crippen molar-refractivity contribution >= 4 is 10.0 Å². The number of rotatable bonds is 5. The molecule has 5 nitrogen and oxygen atoms in total. The second-order valence-corrected chi connectivity index (χ2v) is 8.96. The lowest BCUT2D eigenvalue weighted by Gasteiger charge is -2.55. The van der Waals surface area contributed by atoms with Gasteiger partial charge in [0, 0.05) is 38.8 Å². The average molecular weight is 302 g/mol. The summed E-state index contributed by atoms with van der Waals surface area (Å²) in [4.78, 5) is 2.52. The molecule has 6 heteroatoms. The SMILES string of the molecule is [2H]N1CC(CN2CC3(CCC(NS(=O)(=O)CC)CC3)C2)C1. The summed E-state index contributed by atoms with van der Waals surface area (Å²) in [6.07, 6.45) is 4.26. The topological polar surface area (TPSA) is 61.4 Å². The molecular formula is C14H27N3O2S. The molecule has 3 rings (SSSR count). The van der Waals surface area contributed by atoms with Crippen molar-refractivity contribution in [1.82, 2.24) is 14.9 Å². The Bertz CT molecular complexity index is 463. The first-order valence-corrected chi connectivity index (χ1v) is 9.51. The Morgan fingerprint density at radius 2 is 2.00 bits per heavy atom. The van der Waals surface area contributed by atoms with Gasteiger partial charge >= 0.3 is 0 Å². The fraction of sp³-hybridized carbons (Fsp3) is 1.00. The molecular weight excluding hydrogens is 274 g/mol. The molecule has 0 unspecified atom stereocenters. The molecule has 0 amide bonds. The van der Waals surface area contributed by atoms with Gasteiger partial charge in [-0.2, -0.15) is 0 Å². The van der Waals surface area contributed by atoms with Gasteiger partial charge in [0.05, 0.1) is 5.75 Å². The van der Waals surface area contributed by atoms with Crippen molar-refractivity contribution in [3.05, 3.63) is 0 Å². The van der Waals surface area contributed by atoms with E-state index < -0.39 is 10.0 Å². The van der Waals surface area contributed by atoms with Gasteiger partial charge < -0.3 is 10.2 Å². The molecule has 3 fully saturated rings. The molecule has 1 aliphatic carbocycles. The minimum absolute atomic E-state index is 0.151. The predicted molar refractivity (Wildman–Crippen MR) is 80.1 cm³/mol. The second kappa shape index (κ2) is 5.55. The molecule has 2 aliphatic heterocycles. The highest BCUT2D eigenvalue weighted by atomic mass is 32.2. The van der Waals surface area contributed by atoms with Crippen LogP contribution in [-0.4, -0.2) is 57.8 Å². The van der Waals surface area contributed by atoms with Crippen LogP contribution >= 0.6 is 0 Å². The van der Waals surface area contributed by atoms with E-state index in [4.69, 9.17) is 1.41 Å². The maximum Gasteiger partial charge on any atom is 0.211 e. The normalized spacial score (nSPS) is 29.9. The third-order valence-corrected chi connectivity index (χ3v) is 6.63. The van der Waals surface area contributed by atoms with Crippen molar-refractivity contribution in [2.75, 3.05) is 38.5 Å². The monoisotopic (exact) mass is 302 g/mol. The van der Waals surface area contributed by atoms with Crippen molar-refractivity contribution in [3.63, 3.8) is 0 Å². The molecule has 0 aromatic rings. The number of likely N-dealkylation sites (tertiary alicyclic amines) is 1. The third-order valence-electron chi connectivity index (χ3n) is 5.18. The fourth-order valence-electron chi connectivity index (χ4n) is 3.83. The van der Waals surface area contributed by atoms with E-state index in [1.807, 2.05) is 0 Å². The Balaban J connectivity index is 1.39.